The van der Waals surface area contributed by atoms with Crippen LogP contribution >= 0.6 is 32.3 Å². The summed E-state index contributed by atoms with van der Waals surface area (Å²) >= 11 is 5.99. The highest BCUT2D eigenvalue weighted by atomic mass is 79.9. The minimum absolute atomic E-state index is 0.819. The molecule has 4 heteroatoms. The van der Waals surface area contributed by atoms with Gasteiger partial charge < -0.3 is 0 Å². The maximum absolute atomic E-state index is 3.83. The smallest absolute Gasteiger partial charge is 0.0976 e. The molecule has 1 aliphatic carbocycles. The van der Waals surface area contributed by atoms with E-state index >= 15 is 0 Å². The van der Waals surface area contributed by atoms with Gasteiger partial charge in [-0.15, -0.1) is 0 Å². The van der Waals surface area contributed by atoms with Crippen LogP contribution < -0.4 is 0 Å². The van der Waals surface area contributed by atoms with Crippen molar-refractivity contribution in [1.29, 1.82) is 0 Å². The molecule has 0 heterocycles. The molecule has 0 aromatic carbocycles. The lowest BCUT2D eigenvalue weighted by Crippen LogP contribution is -2.08. The van der Waals surface area contributed by atoms with Crippen LogP contribution in [0.4, 0.5) is 0 Å². The summed E-state index contributed by atoms with van der Waals surface area (Å²) in [5.41, 5.74) is 1.64. The van der Waals surface area contributed by atoms with Crippen molar-refractivity contribution in [2.24, 2.45) is 8.04 Å². The molecule has 0 fully saturated rings. The van der Waals surface area contributed by atoms with E-state index in [0.717, 1.165) is 11.4 Å². The van der Waals surface area contributed by atoms with E-state index in [9.17, 15) is 0 Å². The predicted molar refractivity (Wildman–Crippen MR) is 51.0 cm³/mol. The molecule has 1 aliphatic rings. The molecule has 0 spiro atoms. The van der Waals surface area contributed by atoms with Gasteiger partial charge in [0.15, 0.2) is 0 Å². The predicted octanol–water partition coefficient (Wildman–Crippen LogP) is 2.61. The summed E-state index contributed by atoms with van der Waals surface area (Å²) in [4.78, 5) is 0. The summed E-state index contributed by atoms with van der Waals surface area (Å²) in [5.74, 6) is 0. The lowest BCUT2D eigenvalue weighted by Gasteiger charge is -1.99. The first-order valence-corrected chi connectivity index (χ1v) is 4.03. The first-order chi connectivity index (χ1) is 4.88. The Kier molecular flexibility index (Phi) is 3.02. The normalized spacial score (nSPS) is 24.6. The molecule has 1 rings (SSSR count). The molecule has 0 saturated heterocycles. The maximum atomic E-state index is 3.83. The fourth-order valence-corrected chi connectivity index (χ4v) is 1.21. The SMILES string of the molecule is BrN=C1C=CC=C/C1=N/Br. The van der Waals surface area contributed by atoms with Crippen molar-refractivity contribution in [3.8, 4) is 0 Å². The van der Waals surface area contributed by atoms with Crippen molar-refractivity contribution in [3.05, 3.63) is 24.3 Å². The second-order valence-electron chi connectivity index (χ2n) is 1.66. The van der Waals surface area contributed by atoms with Gasteiger partial charge in [-0.25, -0.2) is 8.04 Å². The summed E-state index contributed by atoms with van der Waals surface area (Å²) < 4.78 is 7.66. The minimum Gasteiger partial charge on any atom is -0.205 e. The molecular formula is C6H4Br2N2. The van der Waals surface area contributed by atoms with E-state index in [2.05, 4.69) is 40.3 Å². The molecule has 52 valence electrons. The number of nitrogens with zero attached hydrogens (tertiary/aromatic N) is 2. The monoisotopic (exact) mass is 262 g/mol. The highest BCUT2D eigenvalue weighted by molar-refractivity contribution is 9.08. The summed E-state index contributed by atoms with van der Waals surface area (Å²) in [5, 5.41) is 0. The van der Waals surface area contributed by atoms with Crippen LogP contribution in [0.25, 0.3) is 0 Å². The van der Waals surface area contributed by atoms with Crippen LogP contribution in [0.3, 0.4) is 0 Å². The molecule has 10 heavy (non-hydrogen) atoms. The highest BCUT2D eigenvalue weighted by Crippen LogP contribution is 2.02. The third-order valence-corrected chi connectivity index (χ3v) is 1.83. The number of hydrogen-bond donors (Lipinski definition) is 0. The van der Waals surface area contributed by atoms with Crippen LogP contribution in [0.2, 0.25) is 0 Å². The summed E-state index contributed by atoms with van der Waals surface area (Å²) in [7, 11) is 0. The fourth-order valence-electron chi connectivity index (χ4n) is 0.607. The number of rotatable bonds is 0. The van der Waals surface area contributed by atoms with Gasteiger partial charge in [-0.3, -0.25) is 0 Å². The van der Waals surface area contributed by atoms with Crippen molar-refractivity contribution >= 4 is 43.7 Å². The third kappa shape index (κ3) is 1.64. The largest absolute Gasteiger partial charge is 0.205 e. The van der Waals surface area contributed by atoms with E-state index in [-0.39, 0.29) is 0 Å². The molecule has 0 radical (unpaired) electrons. The molecule has 0 amide bonds. The van der Waals surface area contributed by atoms with Crippen molar-refractivity contribution in [2.75, 3.05) is 0 Å². The van der Waals surface area contributed by atoms with E-state index in [1.54, 1.807) is 0 Å². The lowest BCUT2D eigenvalue weighted by molar-refractivity contribution is 1.84. The average Bonchev–Trinajstić information content (AvgIpc) is 2.04. The molecule has 0 saturated carbocycles. The van der Waals surface area contributed by atoms with E-state index in [0.29, 0.717) is 0 Å². The summed E-state index contributed by atoms with van der Waals surface area (Å²) in [6.07, 6.45) is 7.55. The second-order valence-corrected chi connectivity index (χ2v) is 2.37. The van der Waals surface area contributed by atoms with Crippen LogP contribution in [0.1, 0.15) is 0 Å². The Hall–Kier alpha value is -0.220. The van der Waals surface area contributed by atoms with E-state index < -0.39 is 0 Å². The molecule has 0 aromatic rings. The Morgan fingerprint density at radius 2 is 1.30 bits per heavy atom. The zero-order valence-corrected chi connectivity index (χ0v) is 8.13. The molecule has 0 bridgehead atoms. The van der Waals surface area contributed by atoms with Gasteiger partial charge in [0.2, 0.25) is 0 Å². The maximum Gasteiger partial charge on any atom is 0.0976 e. The first-order valence-electron chi connectivity index (χ1n) is 2.61. The van der Waals surface area contributed by atoms with Crippen molar-refractivity contribution in [2.45, 2.75) is 0 Å². The summed E-state index contributed by atoms with van der Waals surface area (Å²) in [6.45, 7) is 0. The topological polar surface area (TPSA) is 24.7 Å². The van der Waals surface area contributed by atoms with Crippen LogP contribution in [-0.4, -0.2) is 11.4 Å². The quantitative estimate of drug-likeness (QED) is 0.601. The van der Waals surface area contributed by atoms with Gasteiger partial charge in [-0.2, -0.15) is 0 Å². The zero-order chi connectivity index (χ0) is 7.40. The van der Waals surface area contributed by atoms with Crippen molar-refractivity contribution in [3.63, 3.8) is 0 Å². The van der Waals surface area contributed by atoms with Gasteiger partial charge in [0.05, 0.1) is 43.7 Å². The Bertz CT molecular complexity index is 212. The van der Waals surface area contributed by atoms with Gasteiger partial charge >= 0.3 is 0 Å². The van der Waals surface area contributed by atoms with Crippen LogP contribution in [-0.2, 0) is 0 Å². The molecule has 0 aliphatic heterocycles. The molecule has 0 atom stereocenters. The van der Waals surface area contributed by atoms with Crippen molar-refractivity contribution < 1.29 is 0 Å². The zero-order valence-electron chi connectivity index (χ0n) is 4.96. The number of allylic oxidation sites excluding steroid dienone is 4. The Morgan fingerprint density at radius 1 is 0.900 bits per heavy atom. The van der Waals surface area contributed by atoms with Crippen LogP contribution in [0, 0.1) is 0 Å². The molecule has 2 nitrogen and oxygen atoms in total. The van der Waals surface area contributed by atoms with E-state index in [1.165, 1.54) is 0 Å². The average molecular weight is 264 g/mol. The molecule has 0 aromatic heterocycles. The minimum atomic E-state index is 0.819. The first kappa shape index (κ1) is 7.88. The van der Waals surface area contributed by atoms with Crippen molar-refractivity contribution in [1.82, 2.24) is 0 Å². The molecule has 0 N–H and O–H groups in total. The standard InChI is InChI=1S/C6H4Br2N2/c7-9-5-3-1-2-4-6(5)10-8/h1-4H/b9-5-,10-6?. The fraction of sp³-hybridized carbons (Fsp3) is 0. The van der Waals surface area contributed by atoms with Gasteiger partial charge in [0.1, 0.15) is 0 Å². The Morgan fingerprint density at radius 3 is 1.60 bits per heavy atom. The van der Waals surface area contributed by atoms with E-state index in [1.807, 2.05) is 24.3 Å². The van der Waals surface area contributed by atoms with Gasteiger partial charge in [0, 0.05) is 0 Å². The Balaban J connectivity index is 2.96. The van der Waals surface area contributed by atoms with Crippen LogP contribution in [0.15, 0.2) is 32.3 Å². The lowest BCUT2D eigenvalue weighted by atomic mass is 10.1. The summed E-state index contributed by atoms with van der Waals surface area (Å²) in [6, 6.07) is 0. The molecule has 0 unspecified atom stereocenters. The highest BCUT2D eigenvalue weighted by Gasteiger charge is 2.02. The Labute approximate surface area is 76.1 Å². The van der Waals surface area contributed by atoms with E-state index in [4.69, 9.17) is 0 Å². The van der Waals surface area contributed by atoms with Gasteiger partial charge in [-0.05, 0) is 12.2 Å². The third-order valence-electron chi connectivity index (χ3n) is 1.06. The van der Waals surface area contributed by atoms with Crippen LogP contribution in [0.5, 0.6) is 0 Å². The molecular weight excluding hydrogens is 260 g/mol. The second kappa shape index (κ2) is 3.83. The van der Waals surface area contributed by atoms with Gasteiger partial charge in [-0.1, -0.05) is 12.2 Å². The number of halogens is 2. The van der Waals surface area contributed by atoms with Gasteiger partial charge in [0.25, 0.3) is 0 Å². The number of hydrogen-bond acceptors (Lipinski definition) is 2.